The minimum Gasteiger partial charge on any atom is -0.486 e. The minimum atomic E-state index is -0.101. The van der Waals surface area contributed by atoms with Crippen molar-refractivity contribution in [2.75, 3.05) is 26.3 Å². The zero-order valence-corrected chi connectivity index (χ0v) is 10.8. The van der Waals surface area contributed by atoms with Crippen molar-refractivity contribution in [2.24, 2.45) is 0 Å². The van der Waals surface area contributed by atoms with Gasteiger partial charge in [-0.1, -0.05) is 6.07 Å². The highest BCUT2D eigenvalue weighted by Crippen LogP contribution is 2.33. The second-order valence-corrected chi connectivity index (χ2v) is 4.83. The smallest absolute Gasteiger partial charge is 0.255 e. The van der Waals surface area contributed by atoms with Crippen molar-refractivity contribution in [3.8, 4) is 11.5 Å². The number of amides is 1. The lowest BCUT2D eigenvalue weighted by Gasteiger charge is -2.21. The van der Waals surface area contributed by atoms with Crippen molar-refractivity contribution in [3.63, 3.8) is 0 Å². The normalized spacial score (nSPS) is 21.2. The van der Waals surface area contributed by atoms with Crippen LogP contribution in [-0.4, -0.2) is 38.3 Å². The molecule has 0 spiro atoms. The molecular weight excluding hydrogens is 244 g/mol. The molecule has 2 aliphatic rings. The van der Waals surface area contributed by atoms with Crippen LogP contribution in [0, 0.1) is 0 Å². The average molecular weight is 262 g/mol. The molecule has 2 N–H and O–H groups in total. The van der Waals surface area contributed by atoms with Crippen LogP contribution in [0.1, 0.15) is 23.2 Å². The summed E-state index contributed by atoms with van der Waals surface area (Å²) in [5, 5.41) is 6.31. The Morgan fingerprint density at radius 1 is 1.37 bits per heavy atom. The van der Waals surface area contributed by atoms with Crippen molar-refractivity contribution in [3.05, 3.63) is 23.8 Å². The van der Waals surface area contributed by atoms with E-state index in [9.17, 15) is 4.79 Å². The SMILES string of the molecule is O=C(NC[C@@H]1CCCN1)c1cccc2c1OCCO2. The van der Waals surface area contributed by atoms with Gasteiger partial charge in [-0.25, -0.2) is 0 Å². The molecule has 0 bridgehead atoms. The number of fused-ring (bicyclic) bond motifs is 1. The van der Waals surface area contributed by atoms with Gasteiger partial charge in [-0.15, -0.1) is 0 Å². The summed E-state index contributed by atoms with van der Waals surface area (Å²) in [6.45, 7) is 2.72. The Morgan fingerprint density at radius 3 is 3.11 bits per heavy atom. The molecule has 0 saturated carbocycles. The molecule has 1 saturated heterocycles. The molecule has 5 heteroatoms. The predicted molar refractivity (Wildman–Crippen MR) is 70.8 cm³/mol. The maximum absolute atomic E-state index is 12.2. The zero-order valence-electron chi connectivity index (χ0n) is 10.8. The number of hydrogen-bond donors (Lipinski definition) is 2. The standard InChI is InChI=1S/C14H18N2O3/c17-14(16-9-10-3-2-6-15-10)11-4-1-5-12-13(11)19-8-7-18-12/h1,4-5,10,15H,2-3,6-9H2,(H,16,17)/t10-/m0/s1. The van der Waals surface area contributed by atoms with Crippen molar-refractivity contribution in [2.45, 2.75) is 18.9 Å². The van der Waals surface area contributed by atoms with Crippen LogP contribution in [0.4, 0.5) is 0 Å². The first-order valence-electron chi connectivity index (χ1n) is 6.75. The van der Waals surface area contributed by atoms with Gasteiger partial charge in [0.2, 0.25) is 0 Å². The number of rotatable bonds is 3. The van der Waals surface area contributed by atoms with Crippen LogP contribution < -0.4 is 20.1 Å². The highest BCUT2D eigenvalue weighted by atomic mass is 16.6. The number of carbonyl (C=O) groups excluding carboxylic acids is 1. The van der Waals surface area contributed by atoms with Gasteiger partial charge in [-0.3, -0.25) is 4.79 Å². The molecule has 19 heavy (non-hydrogen) atoms. The molecule has 2 aliphatic heterocycles. The summed E-state index contributed by atoms with van der Waals surface area (Å²) >= 11 is 0. The minimum absolute atomic E-state index is 0.101. The summed E-state index contributed by atoms with van der Waals surface area (Å²) < 4.78 is 11.0. The summed E-state index contributed by atoms with van der Waals surface area (Å²) in [6.07, 6.45) is 2.30. The van der Waals surface area contributed by atoms with Crippen LogP contribution in [-0.2, 0) is 0 Å². The first kappa shape index (κ1) is 12.3. The zero-order chi connectivity index (χ0) is 13.1. The van der Waals surface area contributed by atoms with E-state index in [1.165, 1.54) is 6.42 Å². The molecule has 1 fully saturated rings. The largest absolute Gasteiger partial charge is 0.486 e. The van der Waals surface area contributed by atoms with Gasteiger partial charge < -0.3 is 20.1 Å². The van der Waals surface area contributed by atoms with Crippen LogP contribution in [0.2, 0.25) is 0 Å². The van der Waals surface area contributed by atoms with Crippen LogP contribution in [0.5, 0.6) is 11.5 Å². The van der Waals surface area contributed by atoms with E-state index in [0.717, 1.165) is 13.0 Å². The maximum atomic E-state index is 12.2. The molecule has 0 aliphatic carbocycles. The third kappa shape index (κ3) is 2.66. The third-order valence-corrected chi connectivity index (χ3v) is 3.48. The van der Waals surface area contributed by atoms with Gasteiger partial charge >= 0.3 is 0 Å². The first-order chi connectivity index (χ1) is 9.34. The van der Waals surface area contributed by atoms with Gasteiger partial charge in [0.25, 0.3) is 5.91 Å². The molecule has 1 atom stereocenters. The first-order valence-corrected chi connectivity index (χ1v) is 6.75. The lowest BCUT2D eigenvalue weighted by molar-refractivity contribution is 0.0939. The second kappa shape index (κ2) is 5.48. The lowest BCUT2D eigenvalue weighted by atomic mass is 10.1. The molecule has 0 unspecified atom stereocenters. The van der Waals surface area contributed by atoms with Gasteiger partial charge in [0.15, 0.2) is 11.5 Å². The molecule has 3 rings (SSSR count). The molecular formula is C14H18N2O3. The molecule has 102 valence electrons. The summed E-state index contributed by atoms with van der Waals surface area (Å²) in [5.74, 6) is 1.11. The number of para-hydroxylation sites is 1. The summed E-state index contributed by atoms with van der Waals surface area (Å²) in [7, 11) is 0. The predicted octanol–water partition coefficient (Wildman–Crippen LogP) is 0.940. The second-order valence-electron chi connectivity index (χ2n) is 4.83. The highest BCUT2D eigenvalue weighted by molar-refractivity contribution is 5.97. The van der Waals surface area contributed by atoms with E-state index in [-0.39, 0.29) is 5.91 Å². The quantitative estimate of drug-likeness (QED) is 0.851. The van der Waals surface area contributed by atoms with Gasteiger partial charge in [0, 0.05) is 12.6 Å². The Bertz CT molecular complexity index is 470. The fourth-order valence-electron chi connectivity index (χ4n) is 2.49. The molecule has 1 aromatic rings. The Labute approximate surface area is 112 Å². The molecule has 1 aromatic carbocycles. The average Bonchev–Trinajstić information content (AvgIpc) is 2.97. The number of carbonyl (C=O) groups is 1. The van der Waals surface area contributed by atoms with Crippen molar-refractivity contribution >= 4 is 5.91 Å². The Kier molecular flexibility index (Phi) is 3.55. The van der Waals surface area contributed by atoms with E-state index >= 15 is 0 Å². The van der Waals surface area contributed by atoms with Gasteiger partial charge in [-0.05, 0) is 31.5 Å². The monoisotopic (exact) mass is 262 g/mol. The molecule has 2 heterocycles. The van der Waals surface area contributed by atoms with E-state index in [1.807, 2.05) is 12.1 Å². The van der Waals surface area contributed by atoms with Gasteiger partial charge in [-0.2, -0.15) is 0 Å². The van der Waals surface area contributed by atoms with Crippen molar-refractivity contribution < 1.29 is 14.3 Å². The van der Waals surface area contributed by atoms with E-state index < -0.39 is 0 Å². The van der Waals surface area contributed by atoms with E-state index in [0.29, 0.717) is 42.9 Å². The highest BCUT2D eigenvalue weighted by Gasteiger charge is 2.21. The summed E-state index contributed by atoms with van der Waals surface area (Å²) in [6, 6.07) is 5.80. The van der Waals surface area contributed by atoms with E-state index in [2.05, 4.69) is 10.6 Å². The van der Waals surface area contributed by atoms with Crippen LogP contribution in [0.25, 0.3) is 0 Å². The van der Waals surface area contributed by atoms with Crippen LogP contribution in [0.3, 0.4) is 0 Å². The Balaban J connectivity index is 1.68. The number of ether oxygens (including phenoxy) is 2. The molecule has 1 amide bonds. The summed E-state index contributed by atoms with van der Waals surface area (Å²) in [4.78, 5) is 12.2. The maximum Gasteiger partial charge on any atom is 0.255 e. The fraction of sp³-hybridized carbons (Fsp3) is 0.500. The van der Waals surface area contributed by atoms with Crippen LogP contribution in [0.15, 0.2) is 18.2 Å². The molecule has 0 radical (unpaired) electrons. The van der Waals surface area contributed by atoms with Gasteiger partial charge in [0.05, 0.1) is 5.56 Å². The third-order valence-electron chi connectivity index (χ3n) is 3.48. The van der Waals surface area contributed by atoms with Gasteiger partial charge in [0.1, 0.15) is 13.2 Å². The van der Waals surface area contributed by atoms with Crippen LogP contribution >= 0.6 is 0 Å². The van der Waals surface area contributed by atoms with Crippen molar-refractivity contribution in [1.82, 2.24) is 10.6 Å². The fourth-order valence-corrected chi connectivity index (χ4v) is 2.49. The van der Waals surface area contributed by atoms with E-state index in [4.69, 9.17) is 9.47 Å². The van der Waals surface area contributed by atoms with Crippen molar-refractivity contribution in [1.29, 1.82) is 0 Å². The number of nitrogens with one attached hydrogen (secondary N) is 2. The summed E-state index contributed by atoms with van der Waals surface area (Å²) in [5.41, 5.74) is 0.551. The Hall–Kier alpha value is -1.75. The number of benzene rings is 1. The molecule has 0 aromatic heterocycles. The van der Waals surface area contributed by atoms with E-state index in [1.54, 1.807) is 6.07 Å². The number of hydrogen-bond acceptors (Lipinski definition) is 4. The Morgan fingerprint density at radius 2 is 2.26 bits per heavy atom. The topological polar surface area (TPSA) is 59.6 Å². The molecule has 5 nitrogen and oxygen atoms in total. The lowest BCUT2D eigenvalue weighted by Crippen LogP contribution is -2.37.